The maximum atomic E-state index is 15.3. The van der Waals surface area contributed by atoms with Crippen molar-refractivity contribution in [1.82, 2.24) is 14.8 Å². The zero-order valence-corrected chi connectivity index (χ0v) is 18.5. The van der Waals surface area contributed by atoms with Gasteiger partial charge in [-0.3, -0.25) is 4.79 Å². The normalized spacial score (nSPS) is 21.6. The molecule has 2 fully saturated rings. The van der Waals surface area contributed by atoms with Crippen LogP contribution in [0.25, 0.3) is 11.6 Å². The lowest BCUT2D eigenvalue weighted by atomic mass is 9.88. The van der Waals surface area contributed by atoms with Gasteiger partial charge in [0.15, 0.2) is 6.17 Å². The number of aromatic carboxylic acids is 1. The zero-order valence-electron chi connectivity index (χ0n) is 18.5. The van der Waals surface area contributed by atoms with Gasteiger partial charge in [-0.15, -0.1) is 0 Å². The highest BCUT2D eigenvalue weighted by molar-refractivity contribution is 5.89. The predicted molar refractivity (Wildman–Crippen MR) is 120 cm³/mol. The average molecular weight is 441 g/mol. The van der Waals surface area contributed by atoms with Crippen LogP contribution in [-0.2, 0) is 0 Å². The molecular weight excluding hydrogens is 411 g/mol. The fraction of sp³-hybridized carbons (Fsp3) is 0.542. The molecule has 0 radical (unpaired) electrons. The summed E-state index contributed by atoms with van der Waals surface area (Å²) in [5.74, 6) is -0.901. The van der Waals surface area contributed by atoms with E-state index >= 15 is 4.39 Å². The Bertz CT molecular complexity index is 1070. The Labute approximate surface area is 186 Å². The van der Waals surface area contributed by atoms with Crippen molar-refractivity contribution in [3.63, 3.8) is 0 Å². The molecule has 8 heteroatoms. The SMILES string of the molecule is CCC(NCCC#N)C1CN(C2=C(C)c3c(c(=O)c(C(=O)O)cn3C3CC3)C=CC2F)C1. The highest BCUT2D eigenvalue weighted by Crippen LogP contribution is 2.41. The molecule has 2 N–H and O–H groups in total. The zero-order chi connectivity index (χ0) is 23.0. The number of carboxylic acids is 1. The Hall–Kier alpha value is -2.92. The number of pyridine rings is 1. The lowest BCUT2D eigenvalue weighted by molar-refractivity contribution is 0.0694. The fourth-order valence-corrected chi connectivity index (χ4v) is 4.93. The molecule has 4 rings (SSSR count). The first-order valence-corrected chi connectivity index (χ1v) is 11.3. The van der Waals surface area contributed by atoms with Gasteiger partial charge in [0.1, 0.15) is 5.56 Å². The molecule has 0 amide bonds. The van der Waals surface area contributed by atoms with E-state index in [1.807, 2.05) is 16.4 Å². The molecule has 2 heterocycles. The van der Waals surface area contributed by atoms with Gasteiger partial charge in [0, 0.05) is 55.8 Å². The van der Waals surface area contributed by atoms with Crippen LogP contribution in [0.2, 0.25) is 0 Å². The van der Waals surface area contributed by atoms with Gasteiger partial charge < -0.3 is 19.9 Å². The van der Waals surface area contributed by atoms with Crippen molar-refractivity contribution in [2.45, 2.75) is 57.8 Å². The van der Waals surface area contributed by atoms with Crippen molar-refractivity contribution in [3.05, 3.63) is 45.0 Å². The molecule has 170 valence electrons. The van der Waals surface area contributed by atoms with E-state index in [-0.39, 0.29) is 23.2 Å². The largest absolute Gasteiger partial charge is 0.477 e. The van der Waals surface area contributed by atoms with E-state index in [0.717, 1.165) is 19.3 Å². The molecule has 1 aromatic rings. The number of likely N-dealkylation sites (tertiary alicyclic amines) is 1. The molecule has 1 aromatic heterocycles. The van der Waals surface area contributed by atoms with E-state index in [0.29, 0.717) is 48.9 Å². The third kappa shape index (κ3) is 3.97. The molecule has 2 atom stereocenters. The van der Waals surface area contributed by atoms with Crippen molar-refractivity contribution >= 4 is 17.6 Å². The molecule has 2 unspecified atom stereocenters. The molecule has 0 bridgehead atoms. The Kier molecular flexibility index (Phi) is 6.20. The van der Waals surface area contributed by atoms with Crippen molar-refractivity contribution in [2.75, 3.05) is 19.6 Å². The van der Waals surface area contributed by atoms with Crippen molar-refractivity contribution < 1.29 is 14.3 Å². The van der Waals surface area contributed by atoms with Crippen LogP contribution in [0, 0.1) is 17.2 Å². The first-order chi connectivity index (χ1) is 15.4. The Balaban J connectivity index is 1.67. The number of nitriles is 1. The second-order valence-electron chi connectivity index (χ2n) is 8.89. The minimum absolute atomic E-state index is 0.140. The van der Waals surface area contributed by atoms with E-state index < -0.39 is 17.6 Å². The van der Waals surface area contributed by atoms with Crippen molar-refractivity contribution in [1.29, 1.82) is 5.26 Å². The summed E-state index contributed by atoms with van der Waals surface area (Å²) < 4.78 is 17.2. The van der Waals surface area contributed by atoms with E-state index in [1.54, 1.807) is 0 Å². The third-order valence-corrected chi connectivity index (χ3v) is 6.78. The predicted octanol–water partition coefficient (Wildman–Crippen LogP) is 3.19. The van der Waals surface area contributed by atoms with Crippen molar-refractivity contribution in [3.8, 4) is 6.07 Å². The monoisotopic (exact) mass is 440 g/mol. The maximum Gasteiger partial charge on any atom is 0.341 e. The Morgan fingerprint density at radius 2 is 2.12 bits per heavy atom. The van der Waals surface area contributed by atoms with Crippen LogP contribution in [0.4, 0.5) is 4.39 Å². The number of fused-ring (bicyclic) bond motifs is 1. The van der Waals surface area contributed by atoms with E-state index in [2.05, 4.69) is 18.3 Å². The van der Waals surface area contributed by atoms with Gasteiger partial charge >= 0.3 is 5.97 Å². The highest BCUT2D eigenvalue weighted by atomic mass is 19.1. The summed E-state index contributed by atoms with van der Waals surface area (Å²) in [6.07, 6.45) is 6.11. The van der Waals surface area contributed by atoms with Gasteiger partial charge in [-0.25, -0.2) is 9.18 Å². The molecule has 7 nitrogen and oxygen atoms in total. The van der Waals surface area contributed by atoms with Crippen LogP contribution in [-0.4, -0.2) is 52.4 Å². The van der Waals surface area contributed by atoms with Crippen LogP contribution in [0.5, 0.6) is 0 Å². The summed E-state index contributed by atoms with van der Waals surface area (Å²) in [7, 11) is 0. The lowest BCUT2D eigenvalue weighted by Crippen LogP contribution is -2.56. The van der Waals surface area contributed by atoms with E-state index in [1.165, 1.54) is 18.3 Å². The Morgan fingerprint density at radius 3 is 2.72 bits per heavy atom. The van der Waals surface area contributed by atoms with Crippen LogP contribution in [0.3, 0.4) is 0 Å². The topological polar surface area (TPSA) is 98.4 Å². The third-order valence-electron chi connectivity index (χ3n) is 6.78. The summed E-state index contributed by atoms with van der Waals surface area (Å²) in [6.45, 7) is 6.00. The number of hydrogen-bond donors (Lipinski definition) is 2. The number of alkyl halides is 1. The van der Waals surface area contributed by atoms with Gasteiger partial charge in [-0.2, -0.15) is 5.26 Å². The van der Waals surface area contributed by atoms with Gasteiger partial charge in [-0.1, -0.05) is 6.92 Å². The van der Waals surface area contributed by atoms with Crippen LogP contribution in [0.1, 0.15) is 67.2 Å². The van der Waals surface area contributed by atoms with Gasteiger partial charge in [0.25, 0.3) is 0 Å². The maximum absolute atomic E-state index is 15.3. The smallest absolute Gasteiger partial charge is 0.341 e. The number of rotatable bonds is 8. The molecule has 1 aliphatic heterocycles. The molecule has 1 saturated carbocycles. The molecular formula is C24H29FN4O3. The fourth-order valence-electron chi connectivity index (χ4n) is 4.93. The summed E-state index contributed by atoms with van der Waals surface area (Å²) >= 11 is 0. The highest BCUT2D eigenvalue weighted by Gasteiger charge is 2.38. The minimum Gasteiger partial charge on any atom is -0.477 e. The first kappa shape index (κ1) is 22.3. The number of nitrogens with zero attached hydrogens (tertiary/aromatic N) is 3. The van der Waals surface area contributed by atoms with Crippen LogP contribution in [0.15, 0.2) is 22.8 Å². The number of carbonyl (C=O) groups is 1. The first-order valence-electron chi connectivity index (χ1n) is 11.3. The molecule has 3 aliphatic rings. The molecule has 2 aliphatic carbocycles. The number of carboxylic acid groups (broad SMARTS) is 1. The summed E-state index contributed by atoms with van der Waals surface area (Å²) in [5, 5.41) is 21.7. The quantitative estimate of drug-likeness (QED) is 0.603. The van der Waals surface area contributed by atoms with E-state index in [4.69, 9.17) is 5.26 Å². The number of aromatic nitrogens is 1. The van der Waals surface area contributed by atoms with Gasteiger partial charge in [-0.05, 0) is 43.9 Å². The number of allylic oxidation sites excluding steroid dienone is 2. The second kappa shape index (κ2) is 8.91. The molecule has 0 spiro atoms. The van der Waals surface area contributed by atoms with Crippen LogP contribution < -0.4 is 10.7 Å². The van der Waals surface area contributed by atoms with Gasteiger partial charge in [0.2, 0.25) is 5.43 Å². The number of nitrogens with one attached hydrogen (secondary N) is 1. The van der Waals surface area contributed by atoms with Crippen LogP contribution >= 0.6 is 0 Å². The summed E-state index contributed by atoms with van der Waals surface area (Å²) in [4.78, 5) is 26.5. The molecule has 32 heavy (non-hydrogen) atoms. The lowest BCUT2D eigenvalue weighted by Gasteiger charge is -2.47. The van der Waals surface area contributed by atoms with Gasteiger partial charge in [0.05, 0.1) is 17.5 Å². The molecule has 0 aromatic carbocycles. The average Bonchev–Trinajstić information content (AvgIpc) is 3.57. The summed E-state index contributed by atoms with van der Waals surface area (Å²) in [6, 6.07) is 2.56. The number of halogens is 1. The van der Waals surface area contributed by atoms with E-state index in [9.17, 15) is 14.7 Å². The number of hydrogen-bond acceptors (Lipinski definition) is 5. The van der Waals surface area contributed by atoms with Crippen molar-refractivity contribution in [2.24, 2.45) is 5.92 Å². The standard InChI is InChI=1S/C24H29FN4O3/c1-3-20(27-10-4-9-26)15-11-28(12-15)22-14(2)21-17(7-8-19(22)25)23(30)18(24(31)32)13-29(21)16-5-6-16/h7-8,13,15-16,19-20,27H,3-6,10-12H2,1-2H3,(H,31,32). The Morgan fingerprint density at radius 1 is 1.41 bits per heavy atom. The summed E-state index contributed by atoms with van der Waals surface area (Å²) in [5.41, 5.74) is 1.31. The second-order valence-corrected chi connectivity index (χ2v) is 8.89. The minimum atomic E-state index is -1.37. The molecule has 1 saturated heterocycles.